The second-order valence-electron chi connectivity index (χ2n) is 4.10. The number of carbonyl (C=O) groups is 1. The first-order valence-electron chi connectivity index (χ1n) is 5.08. The molecule has 0 amide bonds. The van der Waals surface area contributed by atoms with Crippen LogP contribution in [0.1, 0.15) is 33.1 Å². The average Bonchev–Trinajstić information content (AvgIpc) is 2.27. The summed E-state index contributed by atoms with van der Waals surface area (Å²) in [4.78, 5) is 13.1. The van der Waals surface area contributed by atoms with Crippen LogP contribution in [0.15, 0.2) is 0 Å². The molecule has 1 unspecified atom stereocenters. The molecule has 0 aromatic rings. The molecule has 0 aromatic heterocycles. The Morgan fingerprint density at radius 2 is 2.08 bits per heavy atom. The Bertz CT molecular complexity index is 180. The zero-order chi connectivity index (χ0) is 9.84. The predicted octanol–water partition coefficient (Wildman–Crippen LogP) is 1.58. The summed E-state index contributed by atoms with van der Waals surface area (Å²) in [6.07, 6.45) is 2.68. The molecule has 0 radical (unpaired) electrons. The van der Waals surface area contributed by atoms with E-state index in [-0.39, 0.29) is 5.92 Å². The molecule has 0 bridgehead atoms. The molecule has 1 aliphatic heterocycles. The summed E-state index contributed by atoms with van der Waals surface area (Å²) >= 11 is 0. The molecule has 1 aliphatic rings. The third kappa shape index (κ3) is 2.99. The molecule has 0 spiro atoms. The van der Waals surface area contributed by atoms with Gasteiger partial charge in [-0.15, -0.1) is 0 Å². The summed E-state index contributed by atoms with van der Waals surface area (Å²) in [6.45, 7) is 6.33. The standard InChI is InChI=1S/C10H19NO2/c1-8(2)11-6-3-4-9(5-7-11)10(12)13/h8-9H,3-7H2,1-2H3,(H,12,13). The zero-order valence-electron chi connectivity index (χ0n) is 8.49. The van der Waals surface area contributed by atoms with E-state index in [1.807, 2.05) is 0 Å². The fourth-order valence-corrected chi connectivity index (χ4v) is 1.88. The molecule has 0 aliphatic carbocycles. The summed E-state index contributed by atoms with van der Waals surface area (Å²) < 4.78 is 0. The molecule has 1 rings (SSSR count). The minimum absolute atomic E-state index is 0.108. The Kier molecular flexibility index (Phi) is 3.72. The molecule has 3 heteroatoms. The molecule has 1 heterocycles. The van der Waals surface area contributed by atoms with Crippen LogP contribution < -0.4 is 0 Å². The van der Waals surface area contributed by atoms with Crippen molar-refractivity contribution in [3.8, 4) is 0 Å². The molecule has 3 nitrogen and oxygen atoms in total. The number of nitrogens with zero attached hydrogens (tertiary/aromatic N) is 1. The molecule has 1 N–H and O–H groups in total. The highest BCUT2D eigenvalue weighted by atomic mass is 16.4. The van der Waals surface area contributed by atoms with Crippen molar-refractivity contribution in [1.29, 1.82) is 0 Å². The average molecular weight is 185 g/mol. The van der Waals surface area contributed by atoms with E-state index in [4.69, 9.17) is 5.11 Å². The Morgan fingerprint density at radius 3 is 2.62 bits per heavy atom. The van der Waals surface area contributed by atoms with Gasteiger partial charge in [0.15, 0.2) is 0 Å². The Hall–Kier alpha value is -0.570. The minimum atomic E-state index is -0.620. The van der Waals surface area contributed by atoms with Gasteiger partial charge in [-0.25, -0.2) is 0 Å². The Morgan fingerprint density at radius 1 is 1.38 bits per heavy atom. The van der Waals surface area contributed by atoms with Crippen molar-refractivity contribution in [2.75, 3.05) is 13.1 Å². The van der Waals surface area contributed by atoms with E-state index in [1.165, 1.54) is 0 Å². The molecule has 13 heavy (non-hydrogen) atoms. The third-order valence-corrected chi connectivity index (χ3v) is 2.84. The summed E-state index contributed by atoms with van der Waals surface area (Å²) in [6, 6.07) is 0.549. The van der Waals surface area contributed by atoms with Gasteiger partial charge in [-0.1, -0.05) is 0 Å². The van der Waals surface area contributed by atoms with E-state index in [2.05, 4.69) is 18.7 Å². The SMILES string of the molecule is CC(C)N1CCCC(C(=O)O)CC1. The van der Waals surface area contributed by atoms with Crippen molar-refractivity contribution >= 4 is 5.97 Å². The second kappa shape index (κ2) is 4.61. The molecule has 76 valence electrons. The van der Waals surface area contributed by atoms with Crippen molar-refractivity contribution in [2.24, 2.45) is 5.92 Å². The summed E-state index contributed by atoms with van der Waals surface area (Å²) in [5.41, 5.74) is 0. The Labute approximate surface area is 79.7 Å². The molecule has 1 fully saturated rings. The molecule has 0 aromatic carbocycles. The Balaban J connectivity index is 2.44. The third-order valence-electron chi connectivity index (χ3n) is 2.84. The van der Waals surface area contributed by atoms with E-state index in [0.29, 0.717) is 6.04 Å². The van der Waals surface area contributed by atoms with E-state index in [0.717, 1.165) is 32.4 Å². The molecular weight excluding hydrogens is 166 g/mol. The van der Waals surface area contributed by atoms with Gasteiger partial charge in [-0.3, -0.25) is 4.79 Å². The highest BCUT2D eigenvalue weighted by Crippen LogP contribution is 2.18. The maximum atomic E-state index is 10.8. The second-order valence-corrected chi connectivity index (χ2v) is 4.10. The van der Waals surface area contributed by atoms with E-state index < -0.39 is 5.97 Å². The van der Waals surface area contributed by atoms with Gasteiger partial charge >= 0.3 is 5.97 Å². The fraction of sp³-hybridized carbons (Fsp3) is 0.900. The monoisotopic (exact) mass is 185 g/mol. The van der Waals surface area contributed by atoms with Gasteiger partial charge in [-0.2, -0.15) is 0 Å². The van der Waals surface area contributed by atoms with Crippen LogP contribution in [0.3, 0.4) is 0 Å². The highest BCUT2D eigenvalue weighted by Gasteiger charge is 2.22. The maximum absolute atomic E-state index is 10.8. The number of hydrogen-bond acceptors (Lipinski definition) is 2. The first-order valence-corrected chi connectivity index (χ1v) is 5.08. The van der Waals surface area contributed by atoms with Crippen molar-refractivity contribution in [3.63, 3.8) is 0 Å². The molecule has 0 saturated carbocycles. The molecule has 1 atom stereocenters. The van der Waals surface area contributed by atoms with Crippen LogP contribution in [0.5, 0.6) is 0 Å². The zero-order valence-corrected chi connectivity index (χ0v) is 8.49. The lowest BCUT2D eigenvalue weighted by atomic mass is 10.0. The van der Waals surface area contributed by atoms with Crippen molar-refractivity contribution in [1.82, 2.24) is 4.90 Å². The number of likely N-dealkylation sites (tertiary alicyclic amines) is 1. The van der Waals surface area contributed by atoms with Crippen LogP contribution in [0.25, 0.3) is 0 Å². The van der Waals surface area contributed by atoms with Crippen molar-refractivity contribution in [2.45, 2.75) is 39.2 Å². The number of rotatable bonds is 2. The lowest BCUT2D eigenvalue weighted by Gasteiger charge is -2.24. The smallest absolute Gasteiger partial charge is 0.306 e. The van der Waals surface area contributed by atoms with Gasteiger partial charge in [0.05, 0.1) is 5.92 Å². The lowest BCUT2D eigenvalue weighted by molar-refractivity contribution is -0.142. The van der Waals surface area contributed by atoms with Gasteiger partial charge in [-0.05, 0) is 46.2 Å². The molecule has 1 saturated heterocycles. The highest BCUT2D eigenvalue weighted by molar-refractivity contribution is 5.69. The van der Waals surface area contributed by atoms with E-state index >= 15 is 0 Å². The summed E-state index contributed by atoms with van der Waals surface area (Å²) in [7, 11) is 0. The van der Waals surface area contributed by atoms with E-state index in [1.54, 1.807) is 0 Å². The number of hydrogen-bond donors (Lipinski definition) is 1. The minimum Gasteiger partial charge on any atom is -0.481 e. The van der Waals surface area contributed by atoms with E-state index in [9.17, 15) is 4.79 Å². The van der Waals surface area contributed by atoms with Crippen LogP contribution in [0.2, 0.25) is 0 Å². The van der Waals surface area contributed by atoms with Crippen molar-refractivity contribution < 1.29 is 9.90 Å². The normalized spacial score (nSPS) is 25.9. The fourth-order valence-electron chi connectivity index (χ4n) is 1.88. The van der Waals surface area contributed by atoms with Gasteiger partial charge < -0.3 is 10.0 Å². The van der Waals surface area contributed by atoms with Crippen LogP contribution in [0, 0.1) is 5.92 Å². The first kappa shape index (κ1) is 10.5. The van der Waals surface area contributed by atoms with Gasteiger partial charge in [0, 0.05) is 6.04 Å². The van der Waals surface area contributed by atoms with Crippen molar-refractivity contribution in [3.05, 3.63) is 0 Å². The number of carboxylic acids is 1. The largest absolute Gasteiger partial charge is 0.481 e. The van der Waals surface area contributed by atoms with Crippen LogP contribution in [0.4, 0.5) is 0 Å². The molecular formula is C10H19NO2. The van der Waals surface area contributed by atoms with Gasteiger partial charge in [0.1, 0.15) is 0 Å². The summed E-state index contributed by atoms with van der Waals surface area (Å²) in [5, 5.41) is 8.87. The summed E-state index contributed by atoms with van der Waals surface area (Å²) in [5.74, 6) is -0.727. The maximum Gasteiger partial charge on any atom is 0.306 e. The quantitative estimate of drug-likeness (QED) is 0.710. The number of carboxylic acid groups (broad SMARTS) is 1. The van der Waals surface area contributed by atoms with Gasteiger partial charge in [0.2, 0.25) is 0 Å². The number of aliphatic carboxylic acids is 1. The van der Waals surface area contributed by atoms with Crippen LogP contribution >= 0.6 is 0 Å². The van der Waals surface area contributed by atoms with Crippen LogP contribution in [-0.4, -0.2) is 35.1 Å². The lowest BCUT2D eigenvalue weighted by Crippen LogP contribution is -2.31. The topological polar surface area (TPSA) is 40.5 Å². The van der Waals surface area contributed by atoms with Crippen LogP contribution in [-0.2, 0) is 4.79 Å². The van der Waals surface area contributed by atoms with Gasteiger partial charge in [0.25, 0.3) is 0 Å². The first-order chi connectivity index (χ1) is 6.11. The predicted molar refractivity (Wildman–Crippen MR) is 51.7 cm³/mol.